The van der Waals surface area contributed by atoms with Gasteiger partial charge in [0.15, 0.2) is 6.10 Å². The van der Waals surface area contributed by atoms with Gasteiger partial charge in [0.25, 0.3) is 5.91 Å². The van der Waals surface area contributed by atoms with Crippen LogP contribution < -0.4 is 4.74 Å². The van der Waals surface area contributed by atoms with Crippen LogP contribution in [0, 0.1) is 5.92 Å². The molecule has 0 bridgehead atoms. The van der Waals surface area contributed by atoms with E-state index >= 15 is 0 Å². The van der Waals surface area contributed by atoms with Gasteiger partial charge in [-0.1, -0.05) is 18.2 Å². The fourth-order valence-electron chi connectivity index (χ4n) is 2.55. The molecule has 1 fully saturated rings. The molecule has 1 heterocycles. The number of carbonyl (C=O) groups is 2. The van der Waals surface area contributed by atoms with E-state index in [1.165, 1.54) is 7.11 Å². The molecule has 1 aromatic rings. The number of piperidine rings is 1. The van der Waals surface area contributed by atoms with E-state index in [4.69, 9.17) is 9.47 Å². The van der Waals surface area contributed by atoms with Crippen molar-refractivity contribution in [2.24, 2.45) is 5.92 Å². The van der Waals surface area contributed by atoms with E-state index in [1.54, 1.807) is 11.8 Å². The van der Waals surface area contributed by atoms with Gasteiger partial charge in [-0.15, -0.1) is 0 Å². The zero-order valence-corrected chi connectivity index (χ0v) is 12.5. The van der Waals surface area contributed by atoms with E-state index < -0.39 is 6.10 Å². The van der Waals surface area contributed by atoms with Crippen LogP contribution in [0.5, 0.6) is 5.75 Å². The largest absolute Gasteiger partial charge is 0.481 e. The van der Waals surface area contributed by atoms with E-state index in [9.17, 15) is 9.59 Å². The third kappa shape index (κ3) is 3.97. The van der Waals surface area contributed by atoms with E-state index in [-0.39, 0.29) is 17.8 Å². The molecule has 5 heteroatoms. The van der Waals surface area contributed by atoms with Crippen molar-refractivity contribution in [1.29, 1.82) is 0 Å². The number of likely N-dealkylation sites (tertiary alicyclic amines) is 1. The third-order valence-corrected chi connectivity index (χ3v) is 3.67. The number of amides is 1. The number of ether oxygens (including phenoxy) is 2. The van der Waals surface area contributed by atoms with Crippen LogP contribution >= 0.6 is 0 Å². The van der Waals surface area contributed by atoms with Gasteiger partial charge < -0.3 is 14.4 Å². The van der Waals surface area contributed by atoms with Crippen LogP contribution in [0.3, 0.4) is 0 Å². The third-order valence-electron chi connectivity index (χ3n) is 3.67. The second kappa shape index (κ2) is 7.11. The molecule has 2 rings (SSSR count). The van der Waals surface area contributed by atoms with Gasteiger partial charge in [-0.2, -0.15) is 0 Å². The van der Waals surface area contributed by atoms with Crippen LogP contribution in [0.2, 0.25) is 0 Å². The average Bonchev–Trinajstić information content (AvgIpc) is 2.54. The molecule has 0 aromatic heterocycles. The first-order valence-corrected chi connectivity index (χ1v) is 7.20. The van der Waals surface area contributed by atoms with Crippen molar-refractivity contribution in [2.45, 2.75) is 25.9 Å². The zero-order valence-electron chi connectivity index (χ0n) is 12.5. The Morgan fingerprint density at radius 2 is 2.00 bits per heavy atom. The molecule has 5 nitrogen and oxygen atoms in total. The second-order valence-electron chi connectivity index (χ2n) is 5.22. The number of methoxy groups -OCH3 is 1. The molecule has 0 aliphatic carbocycles. The Bertz CT molecular complexity index is 488. The van der Waals surface area contributed by atoms with Crippen molar-refractivity contribution in [3.63, 3.8) is 0 Å². The lowest BCUT2D eigenvalue weighted by atomic mass is 9.98. The molecule has 1 amide bonds. The Morgan fingerprint density at radius 3 is 2.67 bits per heavy atom. The number of nitrogens with zero attached hydrogens (tertiary/aromatic N) is 1. The van der Waals surface area contributed by atoms with Crippen LogP contribution in [0.4, 0.5) is 0 Å². The fraction of sp³-hybridized carbons (Fsp3) is 0.500. The van der Waals surface area contributed by atoms with Gasteiger partial charge >= 0.3 is 5.97 Å². The molecular weight excluding hydrogens is 270 g/mol. The van der Waals surface area contributed by atoms with Gasteiger partial charge in [-0.05, 0) is 31.9 Å². The summed E-state index contributed by atoms with van der Waals surface area (Å²) in [6.45, 7) is 2.81. The summed E-state index contributed by atoms with van der Waals surface area (Å²) in [5.41, 5.74) is 0. The maximum atomic E-state index is 12.4. The average molecular weight is 291 g/mol. The van der Waals surface area contributed by atoms with Crippen molar-refractivity contribution >= 4 is 11.9 Å². The van der Waals surface area contributed by atoms with Gasteiger partial charge in [-0.25, -0.2) is 0 Å². The molecule has 1 saturated heterocycles. The maximum Gasteiger partial charge on any atom is 0.310 e. The summed E-state index contributed by atoms with van der Waals surface area (Å²) in [6.07, 6.45) is 1.01. The van der Waals surface area contributed by atoms with Crippen LogP contribution in [-0.4, -0.2) is 43.1 Å². The van der Waals surface area contributed by atoms with Crippen molar-refractivity contribution < 1.29 is 19.1 Å². The van der Waals surface area contributed by atoms with E-state index in [1.807, 2.05) is 30.3 Å². The Morgan fingerprint density at radius 1 is 1.29 bits per heavy atom. The fourth-order valence-corrected chi connectivity index (χ4v) is 2.55. The van der Waals surface area contributed by atoms with Crippen LogP contribution in [0.1, 0.15) is 19.8 Å². The predicted molar refractivity (Wildman–Crippen MR) is 77.9 cm³/mol. The van der Waals surface area contributed by atoms with E-state index in [0.717, 1.165) is 12.8 Å². The summed E-state index contributed by atoms with van der Waals surface area (Å²) in [5.74, 6) is 0.105. The van der Waals surface area contributed by atoms with Gasteiger partial charge in [0.2, 0.25) is 0 Å². The Balaban J connectivity index is 1.94. The molecule has 1 unspecified atom stereocenters. The normalized spacial score (nSPS) is 19.7. The number of hydrogen-bond acceptors (Lipinski definition) is 4. The zero-order chi connectivity index (χ0) is 15.2. The number of hydrogen-bond donors (Lipinski definition) is 0. The maximum absolute atomic E-state index is 12.4. The van der Waals surface area contributed by atoms with Crippen molar-refractivity contribution in [1.82, 2.24) is 4.90 Å². The number of carbonyl (C=O) groups excluding carboxylic acids is 2. The first-order valence-electron chi connectivity index (χ1n) is 7.20. The smallest absolute Gasteiger partial charge is 0.310 e. The lowest BCUT2D eigenvalue weighted by Crippen LogP contribution is -2.47. The summed E-state index contributed by atoms with van der Waals surface area (Å²) in [6, 6.07) is 9.25. The lowest BCUT2D eigenvalue weighted by molar-refractivity contribution is -0.150. The highest BCUT2D eigenvalue weighted by Crippen LogP contribution is 2.19. The molecule has 114 valence electrons. The highest BCUT2D eigenvalue weighted by atomic mass is 16.5. The SMILES string of the molecule is COC(=O)[C@H]1CCCN(C(=O)C(C)Oc2ccccc2)C1. The van der Waals surface area contributed by atoms with Crippen LogP contribution in [0.25, 0.3) is 0 Å². The minimum Gasteiger partial charge on any atom is -0.481 e. The minimum absolute atomic E-state index is 0.0903. The molecule has 2 atom stereocenters. The number of para-hydroxylation sites is 1. The van der Waals surface area contributed by atoms with Crippen molar-refractivity contribution in [3.8, 4) is 5.75 Å². The summed E-state index contributed by atoms with van der Waals surface area (Å²) in [5, 5.41) is 0. The molecule has 0 radical (unpaired) electrons. The van der Waals surface area contributed by atoms with Crippen LogP contribution in [-0.2, 0) is 14.3 Å². The van der Waals surface area contributed by atoms with E-state index in [0.29, 0.717) is 18.8 Å². The van der Waals surface area contributed by atoms with Gasteiger partial charge in [-0.3, -0.25) is 9.59 Å². The Labute approximate surface area is 124 Å². The van der Waals surface area contributed by atoms with E-state index in [2.05, 4.69) is 0 Å². The lowest BCUT2D eigenvalue weighted by Gasteiger charge is -2.33. The van der Waals surface area contributed by atoms with Crippen molar-refractivity contribution in [2.75, 3.05) is 20.2 Å². The first kappa shape index (κ1) is 15.4. The first-order chi connectivity index (χ1) is 10.1. The molecular formula is C16H21NO4. The summed E-state index contributed by atoms with van der Waals surface area (Å²) in [4.78, 5) is 25.7. The quantitative estimate of drug-likeness (QED) is 0.795. The predicted octanol–water partition coefficient (Wildman–Crippen LogP) is 1.87. The number of esters is 1. The van der Waals surface area contributed by atoms with Gasteiger partial charge in [0, 0.05) is 13.1 Å². The summed E-state index contributed by atoms with van der Waals surface area (Å²) < 4.78 is 10.4. The molecule has 1 aliphatic heterocycles. The molecule has 1 aromatic carbocycles. The van der Waals surface area contributed by atoms with Crippen molar-refractivity contribution in [3.05, 3.63) is 30.3 Å². The molecule has 0 saturated carbocycles. The highest BCUT2D eigenvalue weighted by molar-refractivity contribution is 5.82. The topological polar surface area (TPSA) is 55.8 Å². The van der Waals surface area contributed by atoms with Gasteiger partial charge in [0.05, 0.1) is 13.0 Å². The summed E-state index contributed by atoms with van der Waals surface area (Å²) >= 11 is 0. The number of benzene rings is 1. The molecule has 21 heavy (non-hydrogen) atoms. The monoisotopic (exact) mass is 291 g/mol. The highest BCUT2D eigenvalue weighted by Gasteiger charge is 2.31. The Hall–Kier alpha value is -2.04. The summed E-state index contributed by atoms with van der Waals surface area (Å²) in [7, 11) is 1.38. The number of rotatable bonds is 4. The second-order valence-corrected chi connectivity index (χ2v) is 5.22. The molecule has 0 spiro atoms. The molecule has 0 N–H and O–H groups in total. The minimum atomic E-state index is -0.566. The van der Waals surface area contributed by atoms with Crippen LogP contribution in [0.15, 0.2) is 30.3 Å². The molecule has 1 aliphatic rings. The standard InChI is InChI=1S/C16H21NO4/c1-12(21-14-8-4-3-5-9-14)15(18)17-10-6-7-13(11-17)16(19)20-2/h3-5,8-9,12-13H,6-7,10-11H2,1-2H3/t12?,13-/m0/s1. The van der Waals surface area contributed by atoms with Gasteiger partial charge in [0.1, 0.15) is 5.75 Å². The Kier molecular flexibility index (Phi) is 5.20.